The second-order valence-electron chi connectivity index (χ2n) is 5.24. The number of carbonyl (C=O) groups is 4. The lowest BCUT2D eigenvalue weighted by Gasteiger charge is -2.24. The summed E-state index contributed by atoms with van der Waals surface area (Å²) in [5.74, 6) is -1.63. The minimum Gasteiger partial charge on any atom is -0.346 e. The van der Waals surface area contributed by atoms with Gasteiger partial charge in [0, 0.05) is 25.7 Å². The molecule has 1 heterocycles. The summed E-state index contributed by atoms with van der Waals surface area (Å²) in [7, 11) is 0. The van der Waals surface area contributed by atoms with Crippen LogP contribution in [-0.2, 0) is 19.2 Å². The number of imide groups is 1. The maximum Gasteiger partial charge on any atom is 0.230 e. The highest BCUT2D eigenvalue weighted by Crippen LogP contribution is 2.18. The molecule has 1 aliphatic rings. The normalized spacial score (nSPS) is 20.9. The van der Waals surface area contributed by atoms with Crippen molar-refractivity contribution >= 4 is 23.5 Å². The van der Waals surface area contributed by atoms with E-state index >= 15 is 0 Å². The highest BCUT2D eigenvalue weighted by Gasteiger charge is 2.32. The van der Waals surface area contributed by atoms with E-state index in [0.29, 0.717) is 6.42 Å². The Bertz CT molecular complexity index is 403. The summed E-state index contributed by atoms with van der Waals surface area (Å²) in [4.78, 5) is 45.8. The average Bonchev–Trinajstić information content (AvgIpc) is 2.29. The first kappa shape index (κ1) is 15.3. The van der Waals surface area contributed by atoms with Gasteiger partial charge < -0.3 is 5.32 Å². The van der Waals surface area contributed by atoms with Gasteiger partial charge in [0.1, 0.15) is 0 Å². The molecule has 6 nitrogen and oxygen atoms in total. The predicted octanol–water partition coefficient (Wildman–Crippen LogP) is 0.159. The summed E-state index contributed by atoms with van der Waals surface area (Å²) < 4.78 is 0. The fraction of sp³-hybridized carbons (Fsp3) is 0.692. The van der Waals surface area contributed by atoms with E-state index in [-0.39, 0.29) is 36.4 Å². The van der Waals surface area contributed by atoms with Crippen LogP contribution in [0.4, 0.5) is 0 Å². The van der Waals surface area contributed by atoms with E-state index in [9.17, 15) is 19.2 Å². The zero-order valence-corrected chi connectivity index (χ0v) is 11.5. The monoisotopic (exact) mass is 268 g/mol. The van der Waals surface area contributed by atoms with E-state index in [1.165, 1.54) is 6.92 Å². The summed E-state index contributed by atoms with van der Waals surface area (Å²) >= 11 is 0. The number of hydrogen-bond donors (Lipinski definition) is 2. The van der Waals surface area contributed by atoms with Crippen molar-refractivity contribution in [3.8, 4) is 0 Å². The fourth-order valence-electron chi connectivity index (χ4n) is 2.14. The van der Waals surface area contributed by atoms with Crippen molar-refractivity contribution in [2.24, 2.45) is 11.8 Å². The number of amides is 3. The van der Waals surface area contributed by atoms with Gasteiger partial charge in [0.25, 0.3) is 0 Å². The van der Waals surface area contributed by atoms with Gasteiger partial charge in [0.2, 0.25) is 17.7 Å². The molecule has 2 atom stereocenters. The van der Waals surface area contributed by atoms with Crippen LogP contribution in [0.2, 0.25) is 0 Å². The Hall–Kier alpha value is -1.72. The van der Waals surface area contributed by atoms with Crippen LogP contribution in [-0.4, -0.2) is 29.5 Å². The minimum atomic E-state index is -0.581. The number of carbonyl (C=O) groups excluding carboxylic acids is 4. The maximum absolute atomic E-state index is 12.1. The van der Waals surface area contributed by atoms with Crippen molar-refractivity contribution < 1.29 is 19.2 Å². The first-order valence-electron chi connectivity index (χ1n) is 6.44. The SMILES string of the molecule is CC(=O)N[C@H](C(=O)CC1CCC(=O)NC1=O)C(C)C. The van der Waals surface area contributed by atoms with Crippen molar-refractivity contribution in [1.29, 1.82) is 0 Å². The van der Waals surface area contributed by atoms with E-state index in [4.69, 9.17) is 0 Å². The van der Waals surface area contributed by atoms with Crippen LogP contribution in [0.25, 0.3) is 0 Å². The van der Waals surface area contributed by atoms with Gasteiger partial charge in [-0.1, -0.05) is 13.8 Å². The van der Waals surface area contributed by atoms with Crippen molar-refractivity contribution in [3.63, 3.8) is 0 Å². The van der Waals surface area contributed by atoms with Crippen LogP contribution in [0, 0.1) is 11.8 Å². The van der Waals surface area contributed by atoms with Gasteiger partial charge in [-0.3, -0.25) is 24.5 Å². The molecule has 1 rings (SSSR count). The molecule has 19 heavy (non-hydrogen) atoms. The lowest BCUT2D eigenvalue weighted by atomic mass is 9.88. The third kappa shape index (κ3) is 4.46. The van der Waals surface area contributed by atoms with E-state index in [2.05, 4.69) is 10.6 Å². The van der Waals surface area contributed by atoms with E-state index in [1.807, 2.05) is 13.8 Å². The highest BCUT2D eigenvalue weighted by molar-refractivity contribution is 6.01. The molecule has 106 valence electrons. The summed E-state index contributed by atoms with van der Waals surface area (Å²) in [6, 6.07) is -0.581. The lowest BCUT2D eigenvalue weighted by molar-refractivity contribution is -0.139. The standard InChI is InChI=1S/C13H20N2O4/c1-7(2)12(14-8(3)16)10(17)6-9-4-5-11(18)15-13(9)19/h7,9,12H,4-6H2,1-3H3,(H,14,16)(H,15,18,19)/t9?,12-/m0/s1. The van der Waals surface area contributed by atoms with Crippen LogP contribution in [0.1, 0.15) is 40.0 Å². The molecule has 0 radical (unpaired) electrons. The van der Waals surface area contributed by atoms with Gasteiger partial charge in [-0.15, -0.1) is 0 Å². The summed E-state index contributed by atoms with van der Waals surface area (Å²) in [5.41, 5.74) is 0. The Balaban J connectivity index is 2.63. The van der Waals surface area contributed by atoms with Crippen molar-refractivity contribution in [1.82, 2.24) is 10.6 Å². The number of rotatable bonds is 5. The molecule has 0 aromatic heterocycles. The fourth-order valence-corrected chi connectivity index (χ4v) is 2.14. The molecule has 1 fully saturated rings. The molecule has 0 saturated carbocycles. The van der Waals surface area contributed by atoms with Crippen molar-refractivity contribution in [3.05, 3.63) is 0 Å². The van der Waals surface area contributed by atoms with Gasteiger partial charge >= 0.3 is 0 Å². The molecule has 2 N–H and O–H groups in total. The smallest absolute Gasteiger partial charge is 0.230 e. The molecule has 0 aromatic carbocycles. The molecule has 1 unspecified atom stereocenters. The maximum atomic E-state index is 12.1. The summed E-state index contributed by atoms with van der Waals surface area (Å²) in [6.07, 6.45) is 0.708. The summed E-state index contributed by atoms with van der Waals surface area (Å²) in [6.45, 7) is 5.03. The molecule has 0 spiro atoms. The van der Waals surface area contributed by atoms with Gasteiger partial charge in [0.15, 0.2) is 5.78 Å². The van der Waals surface area contributed by atoms with Crippen LogP contribution in [0.5, 0.6) is 0 Å². The quantitative estimate of drug-likeness (QED) is 0.695. The van der Waals surface area contributed by atoms with Crippen LogP contribution in [0.3, 0.4) is 0 Å². The van der Waals surface area contributed by atoms with E-state index in [1.54, 1.807) is 0 Å². The molecule has 3 amide bonds. The van der Waals surface area contributed by atoms with Crippen LogP contribution < -0.4 is 10.6 Å². The largest absolute Gasteiger partial charge is 0.346 e. The van der Waals surface area contributed by atoms with Crippen LogP contribution >= 0.6 is 0 Å². The van der Waals surface area contributed by atoms with Gasteiger partial charge in [-0.25, -0.2) is 0 Å². The molecular formula is C13H20N2O4. The zero-order valence-electron chi connectivity index (χ0n) is 11.5. The molecule has 0 aliphatic carbocycles. The summed E-state index contributed by atoms with van der Waals surface area (Å²) in [5, 5.41) is 4.83. The number of Topliss-reactive ketones (excluding diaryl/α,β-unsaturated/α-hetero) is 1. The van der Waals surface area contributed by atoms with Gasteiger partial charge in [-0.2, -0.15) is 0 Å². The van der Waals surface area contributed by atoms with E-state index < -0.39 is 17.9 Å². The molecule has 1 saturated heterocycles. The third-order valence-electron chi connectivity index (χ3n) is 3.17. The number of nitrogens with one attached hydrogen (secondary N) is 2. The zero-order chi connectivity index (χ0) is 14.6. The van der Waals surface area contributed by atoms with Gasteiger partial charge in [-0.05, 0) is 12.3 Å². The number of ketones is 1. The Morgan fingerprint density at radius 3 is 2.47 bits per heavy atom. The molecule has 1 aliphatic heterocycles. The topological polar surface area (TPSA) is 92.3 Å². The van der Waals surface area contributed by atoms with Crippen LogP contribution in [0.15, 0.2) is 0 Å². The minimum absolute atomic E-state index is 0.0373. The molecule has 0 aromatic rings. The predicted molar refractivity (Wildman–Crippen MR) is 67.9 cm³/mol. The third-order valence-corrected chi connectivity index (χ3v) is 3.17. The van der Waals surface area contributed by atoms with Gasteiger partial charge in [0.05, 0.1) is 6.04 Å². The Kier molecular flexibility index (Phi) is 5.20. The van der Waals surface area contributed by atoms with Crippen molar-refractivity contribution in [2.45, 2.75) is 46.1 Å². The van der Waals surface area contributed by atoms with E-state index in [0.717, 1.165) is 0 Å². The molecule has 0 bridgehead atoms. The second-order valence-corrected chi connectivity index (χ2v) is 5.24. The van der Waals surface area contributed by atoms with Crippen molar-refractivity contribution in [2.75, 3.05) is 0 Å². The Morgan fingerprint density at radius 1 is 1.37 bits per heavy atom. The average molecular weight is 268 g/mol. The second kappa shape index (κ2) is 6.45. The Morgan fingerprint density at radius 2 is 2.00 bits per heavy atom. The number of piperidine rings is 1. The first-order valence-corrected chi connectivity index (χ1v) is 6.44. The molecule has 6 heteroatoms. The number of hydrogen-bond acceptors (Lipinski definition) is 4. The Labute approximate surface area is 112 Å². The first-order chi connectivity index (χ1) is 8.81. The highest BCUT2D eigenvalue weighted by atomic mass is 16.2. The lowest BCUT2D eigenvalue weighted by Crippen LogP contribution is -2.47. The molecular weight excluding hydrogens is 248 g/mol.